The van der Waals surface area contributed by atoms with Crippen LogP contribution in [-0.4, -0.2) is 11.1 Å². The van der Waals surface area contributed by atoms with E-state index in [0.717, 1.165) is 16.5 Å². The zero-order chi connectivity index (χ0) is 9.54. The third-order valence-corrected chi connectivity index (χ3v) is 2.36. The van der Waals surface area contributed by atoms with Gasteiger partial charge in [0.2, 0.25) is 0 Å². The molecular weight excluding hydrogens is 180 g/mol. The average Bonchev–Trinajstić information content (AvgIpc) is 2.61. The van der Waals surface area contributed by atoms with Crippen LogP contribution in [0.1, 0.15) is 5.56 Å². The SMILES string of the molecule is O=C1NCc2cc3cc[nH]c3cc2O1. The predicted octanol–water partition coefficient (Wildman–Crippen LogP) is 1.77. The number of amides is 1. The summed E-state index contributed by atoms with van der Waals surface area (Å²) in [4.78, 5) is 14.0. The van der Waals surface area contributed by atoms with E-state index in [9.17, 15) is 4.79 Å². The molecule has 3 rings (SSSR count). The zero-order valence-electron chi connectivity index (χ0n) is 7.33. The van der Waals surface area contributed by atoms with Crippen molar-refractivity contribution in [2.45, 2.75) is 6.54 Å². The Kier molecular flexibility index (Phi) is 1.33. The Balaban J connectivity index is 2.24. The van der Waals surface area contributed by atoms with Crippen LogP contribution in [0.3, 0.4) is 0 Å². The van der Waals surface area contributed by atoms with Crippen molar-refractivity contribution in [3.05, 3.63) is 30.0 Å². The molecule has 0 saturated carbocycles. The van der Waals surface area contributed by atoms with Crippen LogP contribution in [0.25, 0.3) is 10.9 Å². The molecule has 0 fully saturated rings. The van der Waals surface area contributed by atoms with E-state index < -0.39 is 0 Å². The van der Waals surface area contributed by atoms with Gasteiger partial charge in [-0.2, -0.15) is 0 Å². The molecule has 4 heteroatoms. The van der Waals surface area contributed by atoms with Gasteiger partial charge in [0.25, 0.3) is 0 Å². The molecule has 14 heavy (non-hydrogen) atoms. The molecule has 1 aliphatic heterocycles. The first-order valence-electron chi connectivity index (χ1n) is 4.38. The van der Waals surface area contributed by atoms with E-state index in [1.54, 1.807) is 0 Å². The summed E-state index contributed by atoms with van der Waals surface area (Å²) in [5, 5.41) is 3.75. The quantitative estimate of drug-likeness (QED) is 0.662. The number of aromatic nitrogens is 1. The number of aromatic amines is 1. The highest BCUT2D eigenvalue weighted by Gasteiger charge is 2.16. The molecule has 0 unspecified atom stereocenters. The minimum Gasteiger partial charge on any atom is -0.410 e. The van der Waals surface area contributed by atoms with Crippen LogP contribution in [0.15, 0.2) is 24.4 Å². The van der Waals surface area contributed by atoms with Crippen molar-refractivity contribution in [1.29, 1.82) is 0 Å². The van der Waals surface area contributed by atoms with Gasteiger partial charge in [0.05, 0.1) is 0 Å². The molecule has 1 aromatic heterocycles. The largest absolute Gasteiger partial charge is 0.412 e. The molecule has 0 saturated heterocycles. The smallest absolute Gasteiger partial charge is 0.410 e. The second kappa shape index (κ2) is 2.51. The number of nitrogens with one attached hydrogen (secondary N) is 2. The Morgan fingerprint density at radius 1 is 1.36 bits per heavy atom. The Morgan fingerprint density at radius 3 is 3.21 bits per heavy atom. The van der Waals surface area contributed by atoms with Gasteiger partial charge in [-0.25, -0.2) is 4.79 Å². The Labute approximate surface area is 79.9 Å². The van der Waals surface area contributed by atoms with Gasteiger partial charge in [0.1, 0.15) is 5.75 Å². The van der Waals surface area contributed by atoms with E-state index >= 15 is 0 Å². The predicted molar refractivity (Wildman–Crippen MR) is 51.2 cm³/mol. The molecule has 0 bridgehead atoms. The molecule has 2 aromatic rings. The van der Waals surface area contributed by atoms with Gasteiger partial charge in [0.15, 0.2) is 0 Å². The summed E-state index contributed by atoms with van der Waals surface area (Å²) in [6.45, 7) is 0.537. The van der Waals surface area contributed by atoms with Crippen LogP contribution in [0.2, 0.25) is 0 Å². The summed E-state index contributed by atoms with van der Waals surface area (Å²) >= 11 is 0. The molecule has 1 aliphatic rings. The summed E-state index contributed by atoms with van der Waals surface area (Å²) in [6, 6.07) is 5.86. The number of fused-ring (bicyclic) bond motifs is 2. The maximum atomic E-state index is 11.0. The number of carbonyl (C=O) groups excluding carboxylic acids is 1. The van der Waals surface area contributed by atoms with Gasteiger partial charge >= 0.3 is 6.09 Å². The van der Waals surface area contributed by atoms with Crippen molar-refractivity contribution < 1.29 is 9.53 Å². The van der Waals surface area contributed by atoms with Crippen LogP contribution in [-0.2, 0) is 6.54 Å². The summed E-state index contributed by atoms with van der Waals surface area (Å²) in [6.07, 6.45) is 1.48. The van der Waals surface area contributed by atoms with Gasteiger partial charge in [-0.3, -0.25) is 0 Å². The molecule has 2 heterocycles. The van der Waals surface area contributed by atoms with Gasteiger partial charge in [-0.1, -0.05) is 0 Å². The number of carbonyl (C=O) groups is 1. The van der Waals surface area contributed by atoms with E-state index in [0.29, 0.717) is 12.3 Å². The van der Waals surface area contributed by atoms with Crippen LogP contribution in [0.4, 0.5) is 4.79 Å². The Hall–Kier alpha value is -1.97. The minimum atomic E-state index is -0.386. The van der Waals surface area contributed by atoms with Gasteiger partial charge in [0, 0.05) is 29.9 Å². The van der Waals surface area contributed by atoms with Crippen LogP contribution in [0.5, 0.6) is 5.75 Å². The summed E-state index contributed by atoms with van der Waals surface area (Å²) < 4.78 is 5.04. The Bertz CT molecular complexity index is 516. The van der Waals surface area contributed by atoms with Crippen molar-refractivity contribution in [2.24, 2.45) is 0 Å². The monoisotopic (exact) mass is 188 g/mol. The second-order valence-electron chi connectivity index (χ2n) is 3.27. The van der Waals surface area contributed by atoms with Crippen molar-refractivity contribution in [2.75, 3.05) is 0 Å². The molecular formula is C10H8N2O2. The van der Waals surface area contributed by atoms with Crippen LogP contribution >= 0.6 is 0 Å². The van der Waals surface area contributed by atoms with Crippen LogP contribution < -0.4 is 10.1 Å². The number of hydrogen-bond donors (Lipinski definition) is 2. The van der Waals surface area contributed by atoms with E-state index in [4.69, 9.17) is 4.74 Å². The summed E-state index contributed by atoms with van der Waals surface area (Å²) in [5.74, 6) is 0.642. The lowest BCUT2D eigenvalue weighted by atomic mass is 10.1. The maximum absolute atomic E-state index is 11.0. The first kappa shape index (κ1) is 7.44. The topological polar surface area (TPSA) is 54.1 Å². The lowest BCUT2D eigenvalue weighted by Gasteiger charge is -2.16. The van der Waals surface area contributed by atoms with E-state index in [1.807, 2.05) is 24.4 Å². The highest BCUT2D eigenvalue weighted by molar-refractivity contribution is 5.84. The third-order valence-electron chi connectivity index (χ3n) is 2.36. The first-order chi connectivity index (χ1) is 6.83. The van der Waals surface area contributed by atoms with Crippen LogP contribution in [0, 0.1) is 0 Å². The average molecular weight is 188 g/mol. The summed E-state index contributed by atoms with van der Waals surface area (Å²) in [7, 11) is 0. The fraction of sp³-hybridized carbons (Fsp3) is 0.100. The molecule has 0 spiro atoms. The molecule has 2 N–H and O–H groups in total. The molecule has 4 nitrogen and oxygen atoms in total. The van der Waals surface area contributed by atoms with Crippen molar-refractivity contribution in [3.63, 3.8) is 0 Å². The molecule has 0 atom stereocenters. The fourth-order valence-electron chi connectivity index (χ4n) is 1.66. The third kappa shape index (κ3) is 0.970. The molecule has 0 radical (unpaired) electrons. The molecule has 70 valence electrons. The lowest BCUT2D eigenvalue weighted by Crippen LogP contribution is -2.31. The van der Waals surface area contributed by atoms with E-state index in [2.05, 4.69) is 10.3 Å². The minimum absolute atomic E-state index is 0.386. The van der Waals surface area contributed by atoms with Crippen molar-refractivity contribution >= 4 is 17.0 Å². The zero-order valence-corrected chi connectivity index (χ0v) is 7.33. The molecule has 1 amide bonds. The maximum Gasteiger partial charge on any atom is 0.412 e. The van der Waals surface area contributed by atoms with Crippen molar-refractivity contribution in [1.82, 2.24) is 10.3 Å². The van der Waals surface area contributed by atoms with Gasteiger partial charge in [-0.15, -0.1) is 0 Å². The number of rotatable bonds is 0. The van der Waals surface area contributed by atoms with Gasteiger partial charge < -0.3 is 15.0 Å². The highest BCUT2D eigenvalue weighted by atomic mass is 16.6. The molecule has 1 aromatic carbocycles. The number of hydrogen-bond acceptors (Lipinski definition) is 2. The number of benzene rings is 1. The Morgan fingerprint density at radius 2 is 2.29 bits per heavy atom. The van der Waals surface area contributed by atoms with E-state index in [-0.39, 0.29) is 6.09 Å². The second-order valence-corrected chi connectivity index (χ2v) is 3.27. The first-order valence-corrected chi connectivity index (χ1v) is 4.38. The highest BCUT2D eigenvalue weighted by Crippen LogP contribution is 2.27. The summed E-state index contributed by atoms with van der Waals surface area (Å²) in [5.41, 5.74) is 2.00. The number of H-pyrrole nitrogens is 1. The fourth-order valence-corrected chi connectivity index (χ4v) is 1.66. The van der Waals surface area contributed by atoms with Gasteiger partial charge in [-0.05, 0) is 17.5 Å². The normalized spacial score (nSPS) is 14.7. The standard InChI is InChI=1S/C10H8N2O2/c13-10-12-5-7-3-6-1-2-11-8(6)4-9(7)14-10/h1-4,11H,5H2,(H,12,13). The number of ether oxygens (including phenoxy) is 1. The lowest BCUT2D eigenvalue weighted by molar-refractivity contribution is 0.194. The molecule has 0 aliphatic carbocycles. The van der Waals surface area contributed by atoms with E-state index in [1.165, 1.54) is 0 Å². The van der Waals surface area contributed by atoms with Crippen molar-refractivity contribution in [3.8, 4) is 5.75 Å².